The van der Waals surface area contributed by atoms with E-state index < -0.39 is 21.7 Å². The molecule has 0 aliphatic rings. The van der Waals surface area contributed by atoms with Gasteiger partial charge >= 0.3 is 81.6 Å². The van der Waals surface area contributed by atoms with Crippen LogP contribution < -0.4 is 10.1 Å². The van der Waals surface area contributed by atoms with Crippen molar-refractivity contribution in [3.63, 3.8) is 0 Å². The SMILES string of the molecule is COC(=O)c1ccc([As]=O)cc1N. The van der Waals surface area contributed by atoms with Gasteiger partial charge in [0.25, 0.3) is 0 Å². The molecule has 0 aromatic heterocycles. The van der Waals surface area contributed by atoms with E-state index in [2.05, 4.69) is 4.74 Å². The Bertz CT molecular complexity index is 351. The standard InChI is InChI=1S/C8H8AsNO3/c1-13-8(11)6-3-2-5(9-12)4-7(6)10/h2-4H,10H2,1H3. The summed E-state index contributed by atoms with van der Waals surface area (Å²) < 4.78 is 15.7. The van der Waals surface area contributed by atoms with Crippen molar-refractivity contribution in [3.05, 3.63) is 23.8 Å². The average Bonchev–Trinajstić information content (AvgIpc) is 2.16. The molecule has 0 spiro atoms. The summed E-state index contributed by atoms with van der Waals surface area (Å²) in [7, 11) is 1.29. The second-order valence-electron chi connectivity index (χ2n) is 2.35. The third-order valence-electron chi connectivity index (χ3n) is 1.55. The van der Waals surface area contributed by atoms with Gasteiger partial charge in [0.15, 0.2) is 0 Å². The van der Waals surface area contributed by atoms with Gasteiger partial charge in [-0.15, -0.1) is 0 Å². The number of ether oxygens (including phenoxy) is 1. The number of methoxy groups -OCH3 is 1. The monoisotopic (exact) mass is 241 g/mol. The van der Waals surface area contributed by atoms with Crippen LogP contribution >= 0.6 is 0 Å². The molecule has 0 fully saturated rings. The summed E-state index contributed by atoms with van der Waals surface area (Å²) in [5.41, 5.74) is 6.16. The van der Waals surface area contributed by atoms with Crippen LogP contribution in [0.2, 0.25) is 0 Å². The molecule has 0 atom stereocenters. The summed E-state index contributed by atoms with van der Waals surface area (Å²) in [6.45, 7) is 0. The summed E-state index contributed by atoms with van der Waals surface area (Å²) in [6, 6.07) is 4.65. The summed E-state index contributed by atoms with van der Waals surface area (Å²) in [5, 5.41) is 0. The fourth-order valence-electron chi connectivity index (χ4n) is 0.903. The van der Waals surface area contributed by atoms with Crippen molar-refractivity contribution in [2.75, 3.05) is 12.8 Å². The van der Waals surface area contributed by atoms with Crippen LogP contribution in [0.15, 0.2) is 18.2 Å². The molecule has 13 heavy (non-hydrogen) atoms. The molecule has 0 saturated carbocycles. The summed E-state index contributed by atoms with van der Waals surface area (Å²) in [5.74, 6) is -0.480. The predicted octanol–water partition coefficient (Wildman–Crippen LogP) is -0.270. The summed E-state index contributed by atoms with van der Waals surface area (Å²) >= 11 is -1.10. The molecule has 2 N–H and O–H groups in total. The topological polar surface area (TPSA) is 69.4 Å². The molecule has 0 amide bonds. The van der Waals surface area contributed by atoms with Crippen molar-refractivity contribution in [1.29, 1.82) is 0 Å². The molecule has 0 heterocycles. The van der Waals surface area contributed by atoms with E-state index in [1.807, 2.05) is 0 Å². The Morgan fingerprint density at radius 3 is 2.69 bits per heavy atom. The number of carbonyl (C=O) groups is 1. The molecule has 68 valence electrons. The first-order valence-corrected chi connectivity index (χ1v) is 5.20. The molecule has 1 aromatic carbocycles. The van der Waals surface area contributed by atoms with E-state index in [9.17, 15) is 8.53 Å². The molecule has 0 radical (unpaired) electrons. The molecule has 0 saturated heterocycles. The molecule has 0 aliphatic carbocycles. The number of benzene rings is 1. The van der Waals surface area contributed by atoms with Crippen LogP contribution in [0.3, 0.4) is 0 Å². The second-order valence-corrected chi connectivity index (χ2v) is 3.82. The molecule has 5 heteroatoms. The van der Waals surface area contributed by atoms with Crippen LogP contribution in [0.5, 0.6) is 0 Å². The van der Waals surface area contributed by atoms with Crippen molar-refractivity contribution in [2.45, 2.75) is 0 Å². The number of nitrogen functional groups attached to an aromatic ring is 1. The Morgan fingerprint density at radius 1 is 1.54 bits per heavy atom. The fraction of sp³-hybridized carbons (Fsp3) is 0.125. The van der Waals surface area contributed by atoms with Crippen LogP contribution in [0, 0.1) is 0 Å². The Labute approximate surface area is 82.0 Å². The van der Waals surface area contributed by atoms with Crippen LogP contribution in [0.1, 0.15) is 10.4 Å². The van der Waals surface area contributed by atoms with Gasteiger partial charge in [0.05, 0.1) is 0 Å². The summed E-state index contributed by atoms with van der Waals surface area (Å²) in [6.07, 6.45) is 0. The number of nitrogens with two attached hydrogens (primary N) is 1. The van der Waals surface area contributed by atoms with Gasteiger partial charge in [-0.25, -0.2) is 0 Å². The Hall–Kier alpha value is -1.15. The van der Waals surface area contributed by atoms with Gasteiger partial charge in [-0.1, -0.05) is 0 Å². The first-order chi connectivity index (χ1) is 6.19. The van der Waals surface area contributed by atoms with Gasteiger partial charge in [0.2, 0.25) is 0 Å². The van der Waals surface area contributed by atoms with E-state index in [-0.39, 0.29) is 0 Å². The van der Waals surface area contributed by atoms with E-state index >= 15 is 0 Å². The van der Waals surface area contributed by atoms with E-state index in [4.69, 9.17) is 5.73 Å². The first kappa shape index (κ1) is 9.93. The zero-order chi connectivity index (χ0) is 9.84. The third-order valence-corrected chi connectivity index (χ3v) is 2.57. The number of esters is 1. The molecule has 0 aliphatic heterocycles. The van der Waals surface area contributed by atoms with Gasteiger partial charge < -0.3 is 0 Å². The molecule has 1 rings (SSSR count). The third kappa shape index (κ3) is 2.16. The van der Waals surface area contributed by atoms with Crippen molar-refractivity contribution < 1.29 is 13.3 Å². The van der Waals surface area contributed by atoms with Crippen LogP contribution in [0.25, 0.3) is 0 Å². The van der Waals surface area contributed by atoms with Crippen LogP contribution in [-0.4, -0.2) is 28.8 Å². The minimum atomic E-state index is -1.10. The maximum atomic E-state index is 11.1. The molecule has 0 unspecified atom stereocenters. The number of hydrogen-bond acceptors (Lipinski definition) is 4. The van der Waals surface area contributed by atoms with Crippen LogP contribution in [0.4, 0.5) is 5.69 Å². The quantitative estimate of drug-likeness (QED) is 0.439. The Kier molecular flexibility index (Phi) is 3.20. The molecular formula is C8H8AsNO3. The van der Waals surface area contributed by atoms with Gasteiger partial charge in [-0.3, -0.25) is 0 Å². The van der Waals surface area contributed by atoms with Gasteiger partial charge in [-0.2, -0.15) is 0 Å². The number of hydrogen-bond donors (Lipinski definition) is 1. The van der Waals surface area contributed by atoms with Crippen LogP contribution in [-0.2, 0) is 8.48 Å². The number of carbonyl (C=O) groups excluding carboxylic acids is 1. The summed E-state index contributed by atoms with van der Waals surface area (Å²) in [4.78, 5) is 11.1. The molecule has 4 nitrogen and oxygen atoms in total. The van der Waals surface area contributed by atoms with Crippen molar-refractivity contribution in [2.24, 2.45) is 0 Å². The van der Waals surface area contributed by atoms with E-state index in [0.29, 0.717) is 15.6 Å². The van der Waals surface area contributed by atoms with Gasteiger partial charge in [0.1, 0.15) is 0 Å². The first-order valence-electron chi connectivity index (χ1n) is 3.50. The second kappa shape index (κ2) is 4.19. The van der Waals surface area contributed by atoms with E-state index in [1.165, 1.54) is 19.2 Å². The van der Waals surface area contributed by atoms with Crippen molar-refractivity contribution >= 4 is 31.7 Å². The number of rotatable bonds is 2. The minimum absolute atomic E-state index is 0.301. The predicted molar refractivity (Wildman–Crippen MR) is 48.3 cm³/mol. The van der Waals surface area contributed by atoms with Crippen molar-refractivity contribution in [1.82, 2.24) is 0 Å². The zero-order valence-electron chi connectivity index (χ0n) is 6.98. The zero-order valence-corrected chi connectivity index (χ0v) is 8.86. The average molecular weight is 241 g/mol. The number of anilines is 1. The Balaban J connectivity index is 3.12. The molecular weight excluding hydrogens is 233 g/mol. The van der Waals surface area contributed by atoms with E-state index in [1.54, 1.807) is 6.07 Å². The van der Waals surface area contributed by atoms with Gasteiger partial charge in [-0.05, 0) is 0 Å². The van der Waals surface area contributed by atoms with Gasteiger partial charge in [0, 0.05) is 0 Å². The molecule has 0 bridgehead atoms. The van der Waals surface area contributed by atoms with Crippen molar-refractivity contribution in [3.8, 4) is 0 Å². The maximum absolute atomic E-state index is 11.1. The Morgan fingerprint density at radius 2 is 2.23 bits per heavy atom. The molecule has 1 aromatic rings. The van der Waals surface area contributed by atoms with E-state index in [0.717, 1.165) is 0 Å². The normalized spacial score (nSPS) is 9.92. The fourth-order valence-corrected chi connectivity index (χ4v) is 1.59.